The standard InChI is InChI=1S/C17H26N2O4/c20-15-3-1-2-8-19(15)11-12-6-9-18(10-7-12)16(21)13-4-5-14(13)17(22)23/h12-14H,1-11H2,(H,22,23). The van der Waals surface area contributed by atoms with Crippen molar-refractivity contribution >= 4 is 17.8 Å². The zero-order valence-electron chi connectivity index (χ0n) is 13.6. The smallest absolute Gasteiger partial charge is 0.307 e. The van der Waals surface area contributed by atoms with Gasteiger partial charge in [-0.2, -0.15) is 0 Å². The molecule has 2 heterocycles. The number of hydrogen-bond acceptors (Lipinski definition) is 3. The van der Waals surface area contributed by atoms with Gasteiger partial charge in [0.15, 0.2) is 0 Å². The quantitative estimate of drug-likeness (QED) is 0.847. The van der Waals surface area contributed by atoms with E-state index in [9.17, 15) is 14.4 Å². The summed E-state index contributed by atoms with van der Waals surface area (Å²) in [6.07, 6.45) is 5.95. The summed E-state index contributed by atoms with van der Waals surface area (Å²) >= 11 is 0. The number of carboxylic acid groups (broad SMARTS) is 1. The topological polar surface area (TPSA) is 77.9 Å². The lowest BCUT2D eigenvalue weighted by Crippen LogP contribution is -2.49. The van der Waals surface area contributed by atoms with Crippen LogP contribution in [0.4, 0.5) is 0 Å². The summed E-state index contributed by atoms with van der Waals surface area (Å²) in [5.74, 6) is -0.866. The summed E-state index contributed by atoms with van der Waals surface area (Å²) in [5, 5.41) is 9.09. The summed E-state index contributed by atoms with van der Waals surface area (Å²) < 4.78 is 0. The molecule has 0 radical (unpaired) electrons. The number of carbonyl (C=O) groups excluding carboxylic acids is 2. The Kier molecular flexibility index (Phi) is 4.87. The van der Waals surface area contributed by atoms with E-state index < -0.39 is 11.9 Å². The zero-order valence-corrected chi connectivity index (χ0v) is 13.6. The number of aliphatic carboxylic acids is 1. The predicted octanol–water partition coefficient (Wildman–Crippen LogP) is 1.35. The van der Waals surface area contributed by atoms with Crippen LogP contribution in [0.3, 0.4) is 0 Å². The van der Waals surface area contributed by atoms with Crippen LogP contribution in [0.1, 0.15) is 44.9 Å². The number of hydrogen-bond donors (Lipinski definition) is 1. The number of carbonyl (C=O) groups is 3. The van der Waals surface area contributed by atoms with Gasteiger partial charge in [0, 0.05) is 32.6 Å². The SMILES string of the molecule is O=C(O)C1CCC1C(=O)N1CCC(CN2CCCCC2=O)CC1. The van der Waals surface area contributed by atoms with Crippen molar-refractivity contribution in [2.24, 2.45) is 17.8 Å². The minimum absolute atomic E-state index is 0.0242. The van der Waals surface area contributed by atoms with Gasteiger partial charge in [0.1, 0.15) is 0 Å². The van der Waals surface area contributed by atoms with Crippen molar-refractivity contribution in [3.05, 3.63) is 0 Å². The second-order valence-corrected chi connectivity index (χ2v) is 7.19. The number of rotatable bonds is 4. The summed E-state index contributed by atoms with van der Waals surface area (Å²) in [4.78, 5) is 39.2. The first-order valence-electron chi connectivity index (χ1n) is 8.85. The van der Waals surface area contributed by atoms with E-state index in [-0.39, 0.29) is 17.7 Å². The summed E-state index contributed by atoms with van der Waals surface area (Å²) in [6, 6.07) is 0. The van der Waals surface area contributed by atoms with Gasteiger partial charge in [-0.25, -0.2) is 0 Å². The van der Waals surface area contributed by atoms with Crippen LogP contribution in [-0.2, 0) is 14.4 Å². The third-order valence-corrected chi connectivity index (χ3v) is 5.73. The molecule has 3 fully saturated rings. The highest BCUT2D eigenvalue weighted by atomic mass is 16.4. The highest BCUT2D eigenvalue weighted by molar-refractivity contribution is 5.86. The maximum Gasteiger partial charge on any atom is 0.307 e. The molecule has 1 aliphatic carbocycles. The minimum Gasteiger partial charge on any atom is -0.481 e. The first-order chi connectivity index (χ1) is 11.1. The van der Waals surface area contributed by atoms with Crippen LogP contribution in [0.25, 0.3) is 0 Å². The number of piperidine rings is 2. The molecule has 0 spiro atoms. The Balaban J connectivity index is 1.46. The molecule has 2 saturated heterocycles. The molecule has 0 bridgehead atoms. The molecule has 0 aromatic carbocycles. The molecule has 128 valence electrons. The van der Waals surface area contributed by atoms with E-state index in [1.165, 1.54) is 0 Å². The fourth-order valence-corrected chi connectivity index (χ4v) is 4.03. The van der Waals surface area contributed by atoms with Gasteiger partial charge in [0.05, 0.1) is 11.8 Å². The molecule has 1 N–H and O–H groups in total. The zero-order chi connectivity index (χ0) is 16.4. The first-order valence-corrected chi connectivity index (χ1v) is 8.85. The fraction of sp³-hybridized carbons (Fsp3) is 0.824. The predicted molar refractivity (Wildman–Crippen MR) is 83.6 cm³/mol. The van der Waals surface area contributed by atoms with Crippen LogP contribution in [0.2, 0.25) is 0 Å². The third-order valence-electron chi connectivity index (χ3n) is 5.73. The number of likely N-dealkylation sites (tertiary alicyclic amines) is 2. The van der Waals surface area contributed by atoms with Gasteiger partial charge in [0.2, 0.25) is 11.8 Å². The summed E-state index contributed by atoms with van der Waals surface area (Å²) in [7, 11) is 0. The van der Waals surface area contributed by atoms with Crippen LogP contribution in [-0.4, -0.2) is 58.9 Å². The normalized spacial score (nSPS) is 29.3. The Labute approximate surface area is 136 Å². The van der Waals surface area contributed by atoms with Gasteiger partial charge in [-0.05, 0) is 44.4 Å². The van der Waals surface area contributed by atoms with Crippen molar-refractivity contribution in [3.63, 3.8) is 0 Å². The highest BCUT2D eigenvalue weighted by Gasteiger charge is 2.43. The van der Waals surface area contributed by atoms with Crippen LogP contribution >= 0.6 is 0 Å². The second-order valence-electron chi connectivity index (χ2n) is 7.19. The van der Waals surface area contributed by atoms with Crippen molar-refractivity contribution in [1.29, 1.82) is 0 Å². The van der Waals surface area contributed by atoms with E-state index in [1.54, 1.807) is 0 Å². The van der Waals surface area contributed by atoms with Gasteiger partial charge < -0.3 is 14.9 Å². The van der Waals surface area contributed by atoms with E-state index in [1.807, 2.05) is 9.80 Å². The lowest BCUT2D eigenvalue weighted by Gasteiger charge is -2.40. The molecular weight excluding hydrogens is 296 g/mol. The molecule has 1 saturated carbocycles. The van der Waals surface area contributed by atoms with E-state index >= 15 is 0 Å². The van der Waals surface area contributed by atoms with Gasteiger partial charge in [-0.1, -0.05) is 0 Å². The summed E-state index contributed by atoms with van der Waals surface area (Å²) in [6.45, 7) is 3.10. The molecule has 3 rings (SSSR count). The van der Waals surface area contributed by atoms with E-state index in [2.05, 4.69) is 0 Å². The Morgan fingerprint density at radius 1 is 1.00 bits per heavy atom. The minimum atomic E-state index is -0.840. The molecule has 2 aliphatic heterocycles. The Hall–Kier alpha value is -1.59. The fourth-order valence-electron chi connectivity index (χ4n) is 4.03. The first kappa shape index (κ1) is 16.3. The Morgan fingerprint density at radius 3 is 2.26 bits per heavy atom. The number of amides is 2. The van der Waals surface area contributed by atoms with Crippen molar-refractivity contribution in [2.75, 3.05) is 26.2 Å². The molecule has 2 amide bonds. The van der Waals surface area contributed by atoms with Gasteiger partial charge in [0.25, 0.3) is 0 Å². The van der Waals surface area contributed by atoms with Crippen LogP contribution < -0.4 is 0 Å². The second kappa shape index (κ2) is 6.89. The van der Waals surface area contributed by atoms with Crippen molar-refractivity contribution in [1.82, 2.24) is 9.80 Å². The van der Waals surface area contributed by atoms with Gasteiger partial charge >= 0.3 is 5.97 Å². The van der Waals surface area contributed by atoms with Crippen molar-refractivity contribution in [2.45, 2.75) is 44.9 Å². The highest BCUT2D eigenvalue weighted by Crippen LogP contribution is 2.36. The van der Waals surface area contributed by atoms with Crippen molar-refractivity contribution < 1.29 is 19.5 Å². The molecule has 2 unspecified atom stereocenters. The van der Waals surface area contributed by atoms with Crippen LogP contribution in [0.15, 0.2) is 0 Å². The van der Waals surface area contributed by atoms with Crippen molar-refractivity contribution in [3.8, 4) is 0 Å². The molecule has 2 atom stereocenters. The number of carboxylic acids is 1. The monoisotopic (exact) mass is 322 g/mol. The third kappa shape index (κ3) is 3.51. The lowest BCUT2D eigenvalue weighted by molar-refractivity contribution is -0.157. The molecule has 3 aliphatic rings. The Bertz CT molecular complexity index is 485. The van der Waals surface area contributed by atoms with E-state index in [0.717, 1.165) is 38.8 Å². The van der Waals surface area contributed by atoms with Gasteiger partial charge in [-0.3, -0.25) is 14.4 Å². The average Bonchev–Trinajstić information content (AvgIpc) is 2.48. The molecule has 6 heteroatoms. The summed E-state index contributed by atoms with van der Waals surface area (Å²) in [5.41, 5.74) is 0. The molecule has 0 aromatic heterocycles. The van der Waals surface area contributed by atoms with Gasteiger partial charge in [-0.15, -0.1) is 0 Å². The molecular formula is C17H26N2O4. The van der Waals surface area contributed by atoms with Crippen LogP contribution in [0.5, 0.6) is 0 Å². The average molecular weight is 322 g/mol. The molecule has 23 heavy (non-hydrogen) atoms. The maximum atomic E-state index is 12.4. The molecule has 6 nitrogen and oxygen atoms in total. The van der Waals surface area contributed by atoms with E-state index in [0.29, 0.717) is 38.3 Å². The largest absolute Gasteiger partial charge is 0.481 e. The van der Waals surface area contributed by atoms with Crippen LogP contribution in [0, 0.1) is 17.8 Å². The number of nitrogens with zero attached hydrogens (tertiary/aromatic N) is 2. The molecule has 0 aromatic rings. The van der Waals surface area contributed by atoms with E-state index in [4.69, 9.17) is 5.11 Å². The lowest BCUT2D eigenvalue weighted by atomic mass is 9.72. The maximum absolute atomic E-state index is 12.4. The Morgan fingerprint density at radius 2 is 1.70 bits per heavy atom.